The van der Waals surface area contributed by atoms with E-state index in [1.54, 1.807) is 11.8 Å². The van der Waals surface area contributed by atoms with Gasteiger partial charge in [-0.15, -0.1) is 5.10 Å². The van der Waals surface area contributed by atoms with Crippen molar-refractivity contribution in [1.82, 2.24) is 14.9 Å². The number of aliphatic carboxylic acids is 1. The van der Waals surface area contributed by atoms with Crippen LogP contribution < -0.4 is 5.32 Å². The number of aryl methyl sites for hydroxylation is 1. The van der Waals surface area contributed by atoms with Crippen LogP contribution in [0.3, 0.4) is 0 Å². The minimum Gasteiger partial charge on any atom is -0.480 e. The van der Waals surface area contributed by atoms with Crippen LogP contribution in [0.5, 0.6) is 0 Å². The molecule has 1 aromatic heterocycles. The van der Waals surface area contributed by atoms with Crippen molar-refractivity contribution in [2.75, 3.05) is 12.0 Å². The number of hydrogen-bond donors (Lipinski definition) is 2. The highest BCUT2D eigenvalue weighted by molar-refractivity contribution is 7.98. The summed E-state index contributed by atoms with van der Waals surface area (Å²) >= 11 is 2.55. The van der Waals surface area contributed by atoms with Crippen molar-refractivity contribution in [2.24, 2.45) is 0 Å². The van der Waals surface area contributed by atoms with E-state index in [0.29, 0.717) is 29.2 Å². The van der Waals surface area contributed by atoms with Crippen molar-refractivity contribution in [3.63, 3.8) is 0 Å². The van der Waals surface area contributed by atoms with E-state index < -0.39 is 17.9 Å². The van der Waals surface area contributed by atoms with E-state index in [-0.39, 0.29) is 0 Å². The van der Waals surface area contributed by atoms with Gasteiger partial charge in [-0.1, -0.05) is 17.8 Å². The van der Waals surface area contributed by atoms with E-state index in [9.17, 15) is 9.59 Å². The Morgan fingerprint density at radius 2 is 2.26 bits per heavy atom. The lowest BCUT2D eigenvalue weighted by Gasteiger charge is -2.13. The number of thioether (sulfide) groups is 1. The molecule has 0 fully saturated rings. The molecule has 106 valence electrons. The quantitative estimate of drug-likeness (QED) is 0.754. The molecule has 0 spiro atoms. The van der Waals surface area contributed by atoms with Gasteiger partial charge >= 0.3 is 5.97 Å². The Hall–Kier alpha value is -1.15. The van der Waals surface area contributed by atoms with Gasteiger partial charge in [0.15, 0.2) is 0 Å². The highest BCUT2D eigenvalue weighted by Crippen LogP contribution is 2.13. The Morgan fingerprint density at radius 1 is 1.53 bits per heavy atom. The minimum absolute atomic E-state index is 0.396. The summed E-state index contributed by atoms with van der Waals surface area (Å²) < 4.78 is 3.76. The van der Waals surface area contributed by atoms with Crippen molar-refractivity contribution in [3.05, 3.63) is 10.6 Å². The van der Waals surface area contributed by atoms with Gasteiger partial charge in [-0.3, -0.25) is 4.79 Å². The average molecular weight is 303 g/mol. The van der Waals surface area contributed by atoms with Crippen LogP contribution in [0.1, 0.15) is 35.1 Å². The molecule has 1 rings (SSSR count). The Bertz CT molecular complexity index is 437. The van der Waals surface area contributed by atoms with Crippen molar-refractivity contribution in [1.29, 1.82) is 0 Å². The third-order valence-electron chi connectivity index (χ3n) is 2.46. The lowest BCUT2D eigenvalue weighted by Crippen LogP contribution is -2.41. The molecule has 0 aliphatic heterocycles. The van der Waals surface area contributed by atoms with Crippen LogP contribution in [-0.2, 0) is 11.2 Å². The summed E-state index contributed by atoms with van der Waals surface area (Å²) in [5.74, 6) is -0.733. The second kappa shape index (κ2) is 8.11. The maximum absolute atomic E-state index is 12.0. The van der Waals surface area contributed by atoms with Gasteiger partial charge < -0.3 is 10.4 Å². The Morgan fingerprint density at radius 3 is 2.84 bits per heavy atom. The van der Waals surface area contributed by atoms with Gasteiger partial charge in [0.1, 0.15) is 10.9 Å². The number of rotatable bonds is 8. The topological polar surface area (TPSA) is 92.2 Å². The molecule has 0 bridgehead atoms. The van der Waals surface area contributed by atoms with Crippen molar-refractivity contribution in [3.8, 4) is 0 Å². The molecule has 0 aliphatic carbocycles. The van der Waals surface area contributed by atoms with Crippen LogP contribution in [0.4, 0.5) is 0 Å². The number of carbonyl (C=O) groups is 2. The van der Waals surface area contributed by atoms with E-state index >= 15 is 0 Å². The normalized spacial score (nSPS) is 12.1. The summed E-state index contributed by atoms with van der Waals surface area (Å²) in [7, 11) is 0. The molecule has 2 N–H and O–H groups in total. The zero-order chi connectivity index (χ0) is 14.3. The summed E-state index contributed by atoms with van der Waals surface area (Å²) in [5, 5.41) is 15.5. The largest absolute Gasteiger partial charge is 0.480 e. The van der Waals surface area contributed by atoms with E-state index in [1.165, 1.54) is 0 Å². The monoisotopic (exact) mass is 303 g/mol. The first-order valence-electron chi connectivity index (χ1n) is 5.94. The lowest BCUT2D eigenvalue weighted by atomic mass is 10.2. The second-order valence-corrected chi connectivity index (χ2v) is 5.68. The number of carbonyl (C=O) groups excluding carboxylic acids is 1. The Kier molecular flexibility index (Phi) is 6.79. The van der Waals surface area contributed by atoms with E-state index in [2.05, 4.69) is 14.9 Å². The molecule has 1 heterocycles. The number of aromatic nitrogens is 2. The molecule has 1 aromatic rings. The van der Waals surface area contributed by atoms with Gasteiger partial charge in [0, 0.05) is 0 Å². The van der Waals surface area contributed by atoms with Gasteiger partial charge in [-0.2, -0.15) is 11.8 Å². The zero-order valence-electron chi connectivity index (χ0n) is 10.9. The summed E-state index contributed by atoms with van der Waals surface area (Å²) in [6.07, 6.45) is 3.83. The molecule has 1 unspecified atom stereocenters. The summed E-state index contributed by atoms with van der Waals surface area (Å²) in [4.78, 5) is 23.5. The fourth-order valence-electron chi connectivity index (χ4n) is 1.50. The highest BCUT2D eigenvalue weighted by Gasteiger charge is 2.23. The van der Waals surface area contributed by atoms with Crippen LogP contribution in [0.2, 0.25) is 0 Å². The third kappa shape index (κ3) is 4.79. The Balaban J connectivity index is 2.70. The van der Waals surface area contributed by atoms with Gasteiger partial charge in [0.25, 0.3) is 5.91 Å². The number of carboxylic acid groups (broad SMARTS) is 1. The standard InChI is InChI=1S/C11H17N3O3S2/c1-3-4-7-9(19-14-13-7)10(15)12-8(11(16)17)5-6-18-2/h8H,3-6H2,1-2H3,(H,12,15)(H,16,17). The van der Waals surface area contributed by atoms with Crippen LogP contribution >= 0.6 is 23.3 Å². The fraction of sp³-hybridized carbons (Fsp3) is 0.636. The van der Waals surface area contributed by atoms with Crippen molar-refractivity contribution < 1.29 is 14.7 Å². The zero-order valence-corrected chi connectivity index (χ0v) is 12.5. The maximum atomic E-state index is 12.0. The molecule has 0 radical (unpaired) electrons. The number of carboxylic acids is 1. The van der Waals surface area contributed by atoms with Crippen LogP contribution in [0.25, 0.3) is 0 Å². The molecule has 0 aromatic carbocycles. The molecule has 8 heteroatoms. The molecule has 1 atom stereocenters. The molecule has 6 nitrogen and oxygen atoms in total. The summed E-state index contributed by atoms with van der Waals surface area (Å²) in [5.41, 5.74) is 0.638. The molecule has 1 amide bonds. The average Bonchev–Trinajstić information content (AvgIpc) is 2.82. The van der Waals surface area contributed by atoms with E-state index in [0.717, 1.165) is 18.0 Å². The number of nitrogens with zero attached hydrogens (tertiary/aromatic N) is 2. The SMILES string of the molecule is CCCc1nnsc1C(=O)NC(CCSC)C(=O)O. The van der Waals surface area contributed by atoms with Crippen LogP contribution in [0, 0.1) is 0 Å². The summed E-state index contributed by atoms with van der Waals surface area (Å²) in [6, 6.07) is -0.864. The van der Waals surface area contributed by atoms with Gasteiger partial charge in [0.05, 0.1) is 5.69 Å². The molecule has 0 saturated heterocycles. The molecule has 0 saturated carbocycles. The number of nitrogens with one attached hydrogen (secondary N) is 1. The number of hydrogen-bond acceptors (Lipinski definition) is 6. The Labute approximate surface area is 120 Å². The first-order valence-corrected chi connectivity index (χ1v) is 8.10. The first-order chi connectivity index (χ1) is 9.10. The van der Waals surface area contributed by atoms with E-state index in [4.69, 9.17) is 5.11 Å². The minimum atomic E-state index is -1.02. The van der Waals surface area contributed by atoms with Crippen molar-refractivity contribution in [2.45, 2.75) is 32.2 Å². The summed E-state index contributed by atoms with van der Waals surface area (Å²) in [6.45, 7) is 1.99. The van der Waals surface area contributed by atoms with Crippen LogP contribution in [-0.4, -0.2) is 44.6 Å². The predicted octanol–water partition coefficient (Wildman–Crippen LogP) is 1.43. The third-order valence-corrected chi connectivity index (χ3v) is 3.87. The predicted molar refractivity (Wildman–Crippen MR) is 75.8 cm³/mol. The number of amides is 1. The fourth-order valence-corrected chi connectivity index (χ4v) is 2.58. The van der Waals surface area contributed by atoms with E-state index in [1.807, 2.05) is 13.2 Å². The first kappa shape index (κ1) is 15.9. The molecule has 0 aliphatic rings. The maximum Gasteiger partial charge on any atom is 0.326 e. The second-order valence-electron chi connectivity index (χ2n) is 3.94. The van der Waals surface area contributed by atoms with Gasteiger partial charge in [-0.25, -0.2) is 4.79 Å². The van der Waals surface area contributed by atoms with Gasteiger partial charge in [-0.05, 0) is 36.4 Å². The lowest BCUT2D eigenvalue weighted by molar-refractivity contribution is -0.139. The highest BCUT2D eigenvalue weighted by atomic mass is 32.2. The molecule has 19 heavy (non-hydrogen) atoms. The van der Waals surface area contributed by atoms with Gasteiger partial charge in [0.2, 0.25) is 0 Å². The van der Waals surface area contributed by atoms with Crippen LogP contribution in [0.15, 0.2) is 0 Å². The molecular weight excluding hydrogens is 286 g/mol. The smallest absolute Gasteiger partial charge is 0.326 e. The molecular formula is C11H17N3O3S2. The van der Waals surface area contributed by atoms with Crippen molar-refractivity contribution >= 4 is 35.2 Å².